The molecule has 1 aromatic carbocycles. The Hall–Kier alpha value is -1.69. The Kier molecular flexibility index (Phi) is 5.50. The van der Waals surface area contributed by atoms with Crippen molar-refractivity contribution in [3.8, 4) is 0 Å². The van der Waals surface area contributed by atoms with Gasteiger partial charge in [0.05, 0.1) is 4.88 Å². The van der Waals surface area contributed by atoms with Gasteiger partial charge >= 0.3 is 0 Å². The second-order valence-electron chi connectivity index (χ2n) is 5.23. The molecule has 0 radical (unpaired) electrons. The molecule has 0 saturated heterocycles. The monoisotopic (exact) mass is 303 g/mol. The van der Waals surface area contributed by atoms with E-state index in [0.29, 0.717) is 10.9 Å². The molecule has 1 amide bonds. The van der Waals surface area contributed by atoms with Gasteiger partial charge in [0, 0.05) is 19.1 Å². The average Bonchev–Trinajstić information content (AvgIpc) is 2.95. The van der Waals surface area contributed by atoms with Crippen LogP contribution in [0.5, 0.6) is 0 Å². The van der Waals surface area contributed by atoms with Crippen molar-refractivity contribution in [1.29, 1.82) is 0 Å². The second kappa shape index (κ2) is 7.36. The summed E-state index contributed by atoms with van der Waals surface area (Å²) in [5.41, 5.74) is 4.50. The van der Waals surface area contributed by atoms with E-state index in [1.807, 2.05) is 29.6 Å². The molecule has 1 heterocycles. The van der Waals surface area contributed by atoms with Crippen LogP contribution in [0.15, 0.2) is 41.8 Å². The lowest BCUT2D eigenvalue weighted by atomic mass is 10.1. The summed E-state index contributed by atoms with van der Waals surface area (Å²) in [5.74, 6) is 5.02. The van der Waals surface area contributed by atoms with Crippen LogP contribution >= 0.6 is 11.3 Å². The first-order chi connectivity index (χ1) is 10.1. The van der Waals surface area contributed by atoms with Crippen LogP contribution < -0.4 is 11.3 Å². The number of hydrogen-bond donors (Lipinski definition) is 2. The number of nitrogens with zero attached hydrogens (tertiary/aromatic N) is 1. The molecule has 1 aromatic heterocycles. The molecular formula is C16H21N3OS. The van der Waals surface area contributed by atoms with E-state index < -0.39 is 0 Å². The summed E-state index contributed by atoms with van der Waals surface area (Å²) >= 11 is 1.42. The number of rotatable bonds is 6. The van der Waals surface area contributed by atoms with Gasteiger partial charge in [0.25, 0.3) is 5.91 Å². The zero-order valence-corrected chi connectivity index (χ0v) is 13.2. The third-order valence-corrected chi connectivity index (χ3v) is 4.37. The molecule has 0 bridgehead atoms. The molecule has 5 heteroatoms. The highest BCUT2D eigenvalue weighted by Crippen LogP contribution is 2.21. The van der Waals surface area contributed by atoms with Crippen molar-refractivity contribution in [3.63, 3.8) is 0 Å². The van der Waals surface area contributed by atoms with Crippen molar-refractivity contribution in [2.75, 3.05) is 0 Å². The van der Waals surface area contributed by atoms with E-state index in [9.17, 15) is 4.79 Å². The van der Waals surface area contributed by atoms with E-state index >= 15 is 0 Å². The smallest absolute Gasteiger partial charge is 0.275 e. The van der Waals surface area contributed by atoms with Gasteiger partial charge in [0.1, 0.15) is 0 Å². The SMILES string of the molecule is CC(C)N(Cc1ccccc1)Cc1ccsc1C(=O)NN. The largest absolute Gasteiger partial charge is 0.292 e. The lowest BCUT2D eigenvalue weighted by Gasteiger charge is -2.26. The number of nitrogens with one attached hydrogen (secondary N) is 1. The normalized spacial score (nSPS) is 11.1. The van der Waals surface area contributed by atoms with Crippen LogP contribution in [-0.2, 0) is 13.1 Å². The lowest BCUT2D eigenvalue weighted by molar-refractivity contribution is 0.0955. The van der Waals surface area contributed by atoms with Gasteiger partial charge in [-0.1, -0.05) is 30.3 Å². The summed E-state index contributed by atoms with van der Waals surface area (Å²) in [6.45, 7) is 5.92. The predicted molar refractivity (Wildman–Crippen MR) is 86.8 cm³/mol. The first-order valence-corrected chi connectivity index (χ1v) is 7.85. The summed E-state index contributed by atoms with van der Waals surface area (Å²) < 4.78 is 0. The molecule has 0 saturated carbocycles. The van der Waals surface area contributed by atoms with Crippen LogP contribution in [0.4, 0.5) is 0 Å². The highest BCUT2D eigenvalue weighted by molar-refractivity contribution is 7.12. The van der Waals surface area contributed by atoms with Gasteiger partial charge in [0.15, 0.2) is 0 Å². The van der Waals surface area contributed by atoms with E-state index in [1.54, 1.807) is 0 Å². The Balaban J connectivity index is 2.14. The Bertz CT molecular complexity index is 580. The molecule has 0 atom stereocenters. The van der Waals surface area contributed by atoms with Gasteiger partial charge in [-0.25, -0.2) is 5.84 Å². The van der Waals surface area contributed by atoms with Crippen molar-refractivity contribution in [2.45, 2.75) is 33.0 Å². The standard InChI is InChI=1S/C16H21N3OS/c1-12(2)19(10-13-6-4-3-5-7-13)11-14-8-9-21-15(14)16(20)18-17/h3-9,12H,10-11,17H2,1-2H3,(H,18,20). The fourth-order valence-corrected chi connectivity index (χ4v) is 3.00. The summed E-state index contributed by atoms with van der Waals surface area (Å²) in [6.07, 6.45) is 0. The second-order valence-corrected chi connectivity index (χ2v) is 6.15. The maximum absolute atomic E-state index is 11.8. The molecule has 0 aliphatic rings. The minimum Gasteiger partial charge on any atom is -0.292 e. The zero-order chi connectivity index (χ0) is 15.2. The molecule has 0 unspecified atom stereocenters. The molecule has 4 nitrogen and oxygen atoms in total. The molecule has 0 fully saturated rings. The van der Waals surface area contributed by atoms with Crippen molar-refractivity contribution < 1.29 is 4.79 Å². The van der Waals surface area contributed by atoms with Gasteiger partial charge in [-0.15, -0.1) is 11.3 Å². The molecule has 3 N–H and O–H groups in total. The third kappa shape index (κ3) is 4.14. The lowest BCUT2D eigenvalue weighted by Crippen LogP contribution is -2.32. The van der Waals surface area contributed by atoms with E-state index in [2.05, 4.69) is 36.3 Å². The van der Waals surface area contributed by atoms with E-state index in [0.717, 1.165) is 18.7 Å². The van der Waals surface area contributed by atoms with Gasteiger partial charge in [-0.2, -0.15) is 0 Å². The molecule has 21 heavy (non-hydrogen) atoms. The van der Waals surface area contributed by atoms with Gasteiger partial charge in [-0.05, 0) is 36.4 Å². The highest BCUT2D eigenvalue weighted by atomic mass is 32.1. The van der Waals surface area contributed by atoms with Crippen LogP contribution in [0.2, 0.25) is 0 Å². The Morgan fingerprint density at radius 3 is 2.57 bits per heavy atom. The highest BCUT2D eigenvalue weighted by Gasteiger charge is 2.17. The summed E-state index contributed by atoms with van der Waals surface area (Å²) in [4.78, 5) is 14.8. The van der Waals surface area contributed by atoms with Crippen LogP contribution in [0.1, 0.15) is 34.6 Å². The minimum absolute atomic E-state index is 0.219. The van der Waals surface area contributed by atoms with E-state index in [-0.39, 0.29) is 5.91 Å². The molecule has 0 aliphatic heterocycles. The quantitative estimate of drug-likeness (QED) is 0.490. The number of nitrogens with two attached hydrogens (primary N) is 1. The number of thiophene rings is 1. The Labute approximate surface area is 129 Å². The predicted octanol–water partition coefficient (Wildman–Crippen LogP) is 2.76. The Morgan fingerprint density at radius 1 is 1.24 bits per heavy atom. The van der Waals surface area contributed by atoms with Crippen LogP contribution in [-0.4, -0.2) is 16.8 Å². The first-order valence-electron chi connectivity index (χ1n) is 6.97. The number of hydrogen-bond acceptors (Lipinski definition) is 4. The van der Waals surface area contributed by atoms with Crippen molar-refractivity contribution >= 4 is 17.2 Å². The minimum atomic E-state index is -0.219. The van der Waals surface area contributed by atoms with Crippen LogP contribution in [0.25, 0.3) is 0 Å². The third-order valence-electron chi connectivity index (χ3n) is 3.42. The summed E-state index contributed by atoms with van der Waals surface area (Å²) in [6, 6.07) is 12.7. The Morgan fingerprint density at radius 2 is 1.95 bits per heavy atom. The maximum atomic E-state index is 11.8. The molecule has 0 spiro atoms. The molecule has 2 rings (SSSR count). The van der Waals surface area contributed by atoms with Gasteiger partial charge < -0.3 is 0 Å². The first kappa shape index (κ1) is 15.7. The number of benzene rings is 1. The molecular weight excluding hydrogens is 282 g/mol. The maximum Gasteiger partial charge on any atom is 0.275 e. The summed E-state index contributed by atoms with van der Waals surface area (Å²) in [5, 5.41) is 1.93. The van der Waals surface area contributed by atoms with Crippen molar-refractivity contribution in [2.24, 2.45) is 5.84 Å². The molecule has 112 valence electrons. The summed E-state index contributed by atoms with van der Waals surface area (Å²) in [7, 11) is 0. The fourth-order valence-electron chi connectivity index (χ4n) is 2.18. The topological polar surface area (TPSA) is 58.4 Å². The van der Waals surface area contributed by atoms with Crippen LogP contribution in [0, 0.1) is 0 Å². The number of hydrazine groups is 1. The van der Waals surface area contributed by atoms with Gasteiger partial charge in [-0.3, -0.25) is 15.1 Å². The number of carbonyl (C=O) groups excluding carboxylic acids is 1. The fraction of sp³-hybridized carbons (Fsp3) is 0.312. The average molecular weight is 303 g/mol. The zero-order valence-electron chi connectivity index (χ0n) is 12.4. The number of amides is 1. The van der Waals surface area contributed by atoms with E-state index in [4.69, 9.17) is 5.84 Å². The molecule has 2 aromatic rings. The van der Waals surface area contributed by atoms with Crippen molar-refractivity contribution in [3.05, 3.63) is 57.8 Å². The van der Waals surface area contributed by atoms with Crippen LogP contribution in [0.3, 0.4) is 0 Å². The van der Waals surface area contributed by atoms with Crippen molar-refractivity contribution in [1.82, 2.24) is 10.3 Å². The number of carbonyl (C=O) groups is 1. The number of nitrogen functional groups attached to an aromatic ring is 1. The van der Waals surface area contributed by atoms with E-state index in [1.165, 1.54) is 16.9 Å². The molecule has 0 aliphatic carbocycles. The van der Waals surface area contributed by atoms with Gasteiger partial charge in [0.2, 0.25) is 0 Å².